The molecule has 0 bridgehead atoms. The Morgan fingerprint density at radius 3 is 2.58 bits per heavy atom. The lowest BCUT2D eigenvalue weighted by Crippen LogP contribution is -2.36. The van der Waals surface area contributed by atoms with E-state index in [4.69, 9.17) is 9.72 Å². The van der Waals surface area contributed by atoms with Gasteiger partial charge in [0.05, 0.1) is 30.2 Å². The Morgan fingerprint density at radius 1 is 1.12 bits per heavy atom. The zero-order valence-electron chi connectivity index (χ0n) is 18.6. The molecule has 172 valence electrons. The smallest absolute Gasteiger partial charge is 0.256 e. The lowest BCUT2D eigenvalue weighted by Gasteiger charge is -2.26. The number of morpholine rings is 1. The molecule has 0 spiro atoms. The van der Waals surface area contributed by atoms with Crippen LogP contribution in [0.4, 0.5) is 10.8 Å². The molecule has 7 nitrogen and oxygen atoms in total. The molecule has 33 heavy (non-hydrogen) atoms. The number of aromatic nitrogens is 1. The number of ether oxygens (including phenoxy) is 1. The zero-order valence-corrected chi connectivity index (χ0v) is 20.2. The van der Waals surface area contributed by atoms with Gasteiger partial charge in [-0.1, -0.05) is 24.3 Å². The van der Waals surface area contributed by atoms with Gasteiger partial charge < -0.3 is 19.9 Å². The van der Waals surface area contributed by atoms with Crippen LogP contribution in [0.1, 0.15) is 10.4 Å². The van der Waals surface area contributed by atoms with Crippen LogP contribution in [0.3, 0.4) is 0 Å². The average molecular weight is 483 g/mol. The fraction of sp³-hybridized carbons (Fsp3) is 0.292. The third-order valence-corrected chi connectivity index (χ3v) is 7.15. The molecule has 2 amide bonds. The summed E-state index contributed by atoms with van der Waals surface area (Å²) >= 11 is 3.00. The number of nitrogens with one attached hydrogen (secondary N) is 1. The summed E-state index contributed by atoms with van der Waals surface area (Å²) in [6, 6.07) is 15.0. The number of thiazole rings is 1. The van der Waals surface area contributed by atoms with Gasteiger partial charge in [0, 0.05) is 48.7 Å². The Morgan fingerprint density at radius 2 is 1.85 bits per heavy atom. The lowest BCUT2D eigenvalue weighted by molar-refractivity contribution is -0.125. The fourth-order valence-corrected chi connectivity index (χ4v) is 5.18. The third kappa shape index (κ3) is 5.93. The zero-order chi connectivity index (χ0) is 23.2. The molecule has 1 saturated heterocycles. The van der Waals surface area contributed by atoms with Crippen molar-refractivity contribution in [2.24, 2.45) is 0 Å². The molecule has 0 aliphatic carbocycles. The van der Waals surface area contributed by atoms with Crippen LogP contribution in [0, 0.1) is 0 Å². The van der Waals surface area contributed by atoms with Crippen LogP contribution in [0.25, 0.3) is 11.3 Å². The van der Waals surface area contributed by atoms with Crippen molar-refractivity contribution >= 4 is 45.7 Å². The van der Waals surface area contributed by atoms with Crippen LogP contribution >= 0.6 is 23.1 Å². The second-order valence-corrected chi connectivity index (χ2v) is 9.57. The normalized spacial score (nSPS) is 13.6. The molecule has 2 heterocycles. The lowest BCUT2D eigenvalue weighted by atomic mass is 10.1. The molecule has 1 aliphatic rings. The van der Waals surface area contributed by atoms with E-state index in [9.17, 15) is 9.59 Å². The minimum Gasteiger partial charge on any atom is -0.378 e. The van der Waals surface area contributed by atoms with E-state index in [0.29, 0.717) is 11.3 Å². The summed E-state index contributed by atoms with van der Waals surface area (Å²) in [5.74, 6) is 0.0857. The van der Waals surface area contributed by atoms with Gasteiger partial charge in [-0.2, -0.15) is 0 Å². The molecular weight excluding hydrogens is 456 g/mol. The Bertz CT molecular complexity index is 1110. The molecule has 0 saturated carbocycles. The number of benzene rings is 2. The molecule has 0 unspecified atom stereocenters. The molecular formula is C24H26N4O3S2. The first-order valence-electron chi connectivity index (χ1n) is 10.6. The largest absolute Gasteiger partial charge is 0.378 e. The number of nitrogens with zero attached hydrogens (tertiary/aromatic N) is 3. The summed E-state index contributed by atoms with van der Waals surface area (Å²) in [5, 5.41) is 6.02. The second-order valence-electron chi connectivity index (χ2n) is 7.72. The molecule has 1 N–H and O–H groups in total. The van der Waals surface area contributed by atoms with E-state index < -0.39 is 0 Å². The number of anilines is 2. The number of carbonyl (C=O) groups is 2. The fourth-order valence-electron chi connectivity index (χ4n) is 3.27. The first-order chi connectivity index (χ1) is 16.0. The molecule has 9 heteroatoms. The highest BCUT2D eigenvalue weighted by Crippen LogP contribution is 2.29. The van der Waals surface area contributed by atoms with Crippen LogP contribution in [-0.2, 0) is 9.53 Å². The SMILES string of the molecule is CN(C)C(=O)CSc1ccccc1C(=O)Nc1ccc(-c2csc(N3CCOCC3)n2)cc1. The molecule has 1 fully saturated rings. The predicted octanol–water partition coefficient (Wildman–Crippen LogP) is 4.08. The van der Waals surface area contributed by atoms with Gasteiger partial charge in [-0.3, -0.25) is 9.59 Å². The number of amides is 2. The van der Waals surface area contributed by atoms with Gasteiger partial charge in [0.2, 0.25) is 5.91 Å². The molecule has 4 rings (SSSR count). The number of hydrogen-bond acceptors (Lipinski definition) is 7. The number of carbonyl (C=O) groups excluding carboxylic acids is 2. The van der Waals surface area contributed by atoms with Crippen molar-refractivity contribution in [1.82, 2.24) is 9.88 Å². The number of hydrogen-bond donors (Lipinski definition) is 1. The van der Waals surface area contributed by atoms with E-state index in [1.807, 2.05) is 42.5 Å². The third-order valence-electron chi connectivity index (χ3n) is 5.19. The van der Waals surface area contributed by atoms with E-state index in [-0.39, 0.29) is 17.6 Å². The van der Waals surface area contributed by atoms with Gasteiger partial charge in [0.1, 0.15) is 0 Å². The minimum atomic E-state index is -0.202. The van der Waals surface area contributed by atoms with Crippen LogP contribution in [0.5, 0.6) is 0 Å². The highest BCUT2D eigenvalue weighted by atomic mass is 32.2. The quantitative estimate of drug-likeness (QED) is 0.512. The standard InChI is InChI=1S/C24H26N4O3S2/c1-27(2)22(29)16-32-21-6-4-3-5-19(21)23(30)25-18-9-7-17(8-10-18)20-15-33-24(26-20)28-11-13-31-14-12-28/h3-10,15H,11-14,16H2,1-2H3,(H,25,30). The van der Waals surface area contributed by atoms with Crippen LogP contribution in [-0.4, -0.2) is 67.8 Å². The summed E-state index contributed by atoms with van der Waals surface area (Å²) < 4.78 is 5.41. The van der Waals surface area contributed by atoms with Gasteiger partial charge in [0.15, 0.2) is 5.13 Å². The molecule has 1 aliphatic heterocycles. The maximum Gasteiger partial charge on any atom is 0.256 e. The Hall–Kier alpha value is -2.88. The topological polar surface area (TPSA) is 74.8 Å². The Labute approximate surface area is 201 Å². The summed E-state index contributed by atoms with van der Waals surface area (Å²) in [4.78, 5) is 34.2. The Kier molecular flexibility index (Phi) is 7.64. The molecule has 2 aromatic carbocycles. The van der Waals surface area contributed by atoms with Crippen LogP contribution in [0.15, 0.2) is 58.8 Å². The number of rotatable bonds is 7. The first kappa shape index (κ1) is 23.3. The van der Waals surface area contributed by atoms with Crippen molar-refractivity contribution in [2.75, 3.05) is 56.4 Å². The van der Waals surface area contributed by atoms with E-state index >= 15 is 0 Å². The summed E-state index contributed by atoms with van der Waals surface area (Å²) in [5.41, 5.74) is 3.18. The van der Waals surface area contributed by atoms with Gasteiger partial charge >= 0.3 is 0 Å². The summed E-state index contributed by atoms with van der Waals surface area (Å²) in [7, 11) is 3.44. The molecule has 0 radical (unpaired) electrons. The molecule has 0 atom stereocenters. The maximum absolute atomic E-state index is 12.9. The van der Waals surface area contributed by atoms with Crippen molar-refractivity contribution in [1.29, 1.82) is 0 Å². The second kappa shape index (κ2) is 10.8. The van der Waals surface area contributed by atoms with Crippen molar-refractivity contribution < 1.29 is 14.3 Å². The maximum atomic E-state index is 12.9. The van der Waals surface area contributed by atoms with E-state index in [1.165, 1.54) is 11.8 Å². The van der Waals surface area contributed by atoms with Crippen molar-refractivity contribution in [3.8, 4) is 11.3 Å². The van der Waals surface area contributed by atoms with Gasteiger partial charge in [0.25, 0.3) is 5.91 Å². The summed E-state index contributed by atoms with van der Waals surface area (Å²) in [6.45, 7) is 3.19. The Balaban J connectivity index is 1.41. The minimum absolute atomic E-state index is 0.00428. The number of thioether (sulfide) groups is 1. The monoisotopic (exact) mass is 482 g/mol. The van der Waals surface area contributed by atoms with E-state index in [0.717, 1.165) is 47.6 Å². The highest BCUT2D eigenvalue weighted by Gasteiger charge is 2.16. The van der Waals surface area contributed by atoms with Gasteiger partial charge in [-0.15, -0.1) is 23.1 Å². The van der Waals surface area contributed by atoms with Crippen molar-refractivity contribution in [3.05, 3.63) is 59.5 Å². The average Bonchev–Trinajstić information content (AvgIpc) is 3.34. The molecule has 3 aromatic rings. The van der Waals surface area contributed by atoms with Gasteiger partial charge in [-0.05, 0) is 24.3 Å². The molecule has 1 aromatic heterocycles. The van der Waals surface area contributed by atoms with Crippen molar-refractivity contribution in [3.63, 3.8) is 0 Å². The van der Waals surface area contributed by atoms with Gasteiger partial charge in [-0.25, -0.2) is 4.98 Å². The van der Waals surface area contributed by atoms with E-state index in [2.05, 4.69) is 15.6 Å². The van der Waals surface area contributed by atoms with Crippen LogP contribution < -0.4 is 10.2 Å². The van der Waals surface area contributed by atoms with Crippen LogP contribution in [0.2, 0.25) is 0 Å². The first-order valence-corrected chi connectivity index (χ1v) is 12.5. The highest BCUT2D eigenvalue weighted by molar-refractivity contribution is 8.00. The van der Waals surface area contributed by atoms with Crippen molar-refractivity contribution in [2.45, 2.75) is 4.90 Å². The van der Waals surface area contributed by atoms with E-state index in [1.54, 1.807) is 36.4 Å². The summed E-state index contributed by atoms with van der Waals surface area (Å²) in [6.07, 6.45) is 0. The predicted molar refractivity (Wildman–Crippen MR) is 134 cm³/mol.